The summed E-state index contributed by atoms with van der Waals surface area (Å²) in [5.74, 6) is -2.46. The fourth-order valence-corrected chi connectivity index (χ4v) is 5.41. The van der Waals surface area contributed by atoms with E-state index < -0.39 is 23.6 Å². The molecule has 2 aromatic carbocycles. The quantitative estimate of drug-likeness (QED) is 0.217. The highest BCUT2D eigenvalue weighted by atomic mass is 32.1. The molecule has 43 heavy (non-hydrogen) atoms. The zero-order chi connectivity index (χ0) is 30.7. The van der Waals surface area contributed by atoms with Crippen molar-refractivity contribution in [2.75, 3.05) is 49.7 Å². The van der Waals surface area contributed by atoms with Crippen molar-refractivity contribution in [3.8, 4) is 27.9 Å². The number of anilines is 3. The maximum absolute atomic E-state index is 14.8. The van der Waals surface area contributed by atoms with Gasteiger partial charge in [0.05, 0.1) is 24.4 Å². The molecule has 1 fully saturated rings. The normalized spacial score (nSPS) is 14.2. The average molecular weight is 614 g/mol. The van der Waals surface area contributed by atoms with Crippen LogP contribution in [-0.4, -0.2) is 76.4 Å². The number of hydrogen-bond acceptors (Lipinski definition) is 11. The first-order valence-corrected chi connectivity index (χ1v) is 14.1. The lowest BCUT2D eigenvalue weighted by atomic mass is 10.1. The Labute approximate surface area is 249 Å². The van der Waals surface area contributed by atoms with Gasteiger partial charge in [-0.05, 0) is 24.3 Å². The molecule has 1 saturated heterocycles. The first-order chi connectivity index (χ1) is 20.7. The van der Waals surface area contributed by atoms with Gasteiger partial charge in [0, 0.05) is 37.8 Å². The van der Waals surface area contributed by atoms with Crippen LogP contribution in [0.15, 0.2) is 40.9 Å². The van der Waals surface area contributed by atoms with E-state index in [1.807, 2.05) is 0 Å². The van der Waals surface area contributed by atoms with Gasteiger partial charge in [-0.2, -0.15) is 4.98 Å². The van der Waals surface area contributed by atoms with Crippen molar-refractivity contribution in [1.82, 2.24) is 30.5 Å². The van der Waals surface area contributed by atoms with E-state index in [1.54, 1.807) is 12.1 Å². The van der Waals surface area contributed by atoms with Crippen molar-refractivity contribution in [3.63, 3.8) is 0 Å². The molecule has 3 heterocycles. The number of ether oxygens (including phenoxy) is 1. The molecule has 0 radical (unpaired) electrons. The number of nitrogens with one attached hydrogen (secondary N) is 3. The lowest BCUT2D eigenvalue weighted by Crippen LogP contribution is -2.41. The molecule has 0 spiro atoms. The molecule has 0 aliphatic carbocycles. The van der Waals surface area contributed by atoms with E-state index in [1.165, 1.54) is 19.2 Å². The molecule has 1 aliphatic heterocycles. The van der Waals surface area contributed by atoms with E-state index in [2.05, 4.69) is 54.9 Å². The predicted octanol–water partition coefficient (Wildman–Crippen LogP) is 4.04. The van der Waals surface area contributed by atoms with Crippen molar-refractivity contribution in [2.45, 2.75) is 19.9 Å². The fourth-order valence-electron chi connectivity index (χ4n) is 4.60. The van der Waals surface area contributed by atoms with Crippen molar-refractivity contribution < 1.29 is 27.6 Å². The first-order valence-electron chi connectivity index (χ1n) is 13.3. The molecule has 3 amide bonds. The number of nitrogens with two attached hydrogens (primary N) is 1. The minimum absolute atomic E-state index is 0.0107. The summed E-state index contributed by atoms with van der Waals surface area (Å²) in [7, 11) is 1.45. The van der Waals surface area contributed by atoms with Gasteiger partial charge in [0.2, 0.25) is 5.82 Å². The van der Waals surface area contributed by atoms with Gasteiger partial charge >= 0.3 is 6.03 Å². The number of carbonyl (C=O) groups is 2. The summed E-state index contributed by atoms with van der Waals surface area (Å²) in [5.41, 5.74) is 5.73. The van der Waals surface area contributed by atoms with Gasteiger partial charge in [0.15, 0.2) is 5.13 Å². The lowest BCUT2D eigenvalue weighted by Gasteiger charge is -2.24. The van der Waals surface area contributed by atoms with E-state index in [0.717, 1.165) is 30.5 Å². The number of amides is 3. The van der Waals surface area contributed by atoms with Gasteiger partial charge in [0.25, 0.3) is 11.8 Å². The summed E-state index contributed by atoms with van der Waals surface area (Å²) in [6.45, 7) is 7.18. The monoisotopic (exact) mass is 613 g/mol. The second-order valence-electron chi connectivity index (χ2n) is 9.46. The summed E-state index contributed by atoms with van der Waals surface area (Å²) in [5, 5.41) is 16.3. The van der Waals surface area contributed by atoms with Gasteiger partial charge < -0.3 is 25.6 Å². The molecule has 1 aliphatic rings. The zero-order valence-electron chi connectivity index (χ0n) is 23.5. The second kappa shape index (κ2) is 12.7. The molecule has 5 N–H and O–H groups in total. The van der Waals surface area contributed by atoms with Crippen LogP contribution >= 0.6 is 11.3 Å². The number of nitrogen functional groups attached to an aromatic ring is 1. The molecule has 0 bridgehead atoms. The minimum Gasteiger partial charge on any atom is -0.497 e. The molecule has 0 atom stereocenters. The SMILES string of the molecule is CCN1CC(NC(=O)Nc2nc(N)c(-c3nc(-c4cc(NC(=O)c5cccc(OC)c5)c(F)cc4F)no3)s2)CN1CC. The Kier molecular flexibility index (Phi) is 8.79. The number of urea groups is 1. The molecule has 13 nitrogen and oxygen atoms in total. The molecule has 16 heteroatoms. The predicted molar refractivity (Wildman–Crippen MR) is 157 cm³/mol. The number of thiazole rings is 1. The number of rotatable bonds is 9. The maximum atomic E-state index is 14.8. The van der Waals surface area contributed by atoms with E-state index >= 15 is 0 Å². The number of nitrogens with zero attached hydrogens (tertiary/aromatic N) is 5. The third-order valence-electron chi connectivity index (χ3n) is 6.70. The lowest BCUT2D eigenvalue weighted by molar-refractivity contribution is 0.0388. The van der Waals surface area contributed by atoms with Gasteiger partial charge in [-0.15, -0.1) is 0 Å². The van der Waals surface area contributed by atoms with E-state index in [0.29, 0.717) is 24.9 Å². The topological polar surface area (TPSA) is 164 Å². The van der Waals surface area contributed by atoms with Crippen molar-refractivity contribution in [1.29, 1.82) is 0 Å². The summed E-state index contributed by atoms with van der Waals surface area (Å²) < 4.78 is 39.8. The van der Waals surface area contributed by atoms with Crippen LogP contribution in [-0.2, 0) is 0 Å². The summed E-state index contributed by atoms with van der Waals surface area (Å²) >= 11 is 0.990. The summed E-state index contributed by atoms with van der Waals surface area (Å²) in [6, 6.07) is 7.42. The van der Waals surface area contributed by atoms with Crippen LogP contribution in [0.5, 0.6) is 5.75 Å². The number of hydrazine groups is 1. The van der Waals surface area contributed by atoms with Crippen molar-refractivity contribution in [3.05, 3.63) is 53.6 Å². The molecule has 5 rings (SSSR count). The van der Waals surface area contributed by atoms with Crippen LogP contribution in [0.3, 0.4) is 0 Å². The highest BCUT2D eigenvalue weighted by Gasteiger charge is 2.29. The van der Waals surface area contributed by atoms with Crippen molar-refractivity contribution >= 4 is 39.9 Å². The third-order valence-corrected chi connectivity index (χ3v) is 7.67. The number of aromatic nitrogens is 3. The standard InChI is InChI=1S/C27H29F2N9O4S/c1-4-37-12-15(13-38(37)5-2)31-26(40)35-27-33-22(30)21(43-27)25-34-23(36-42-25)17-10-20(19(29)11-18(17)28)32-24(39)14-7-6-8-16(9-14)41-3/h6-11,15H,4-5,12-13,30H2,1-3H3,(H,32,39)(H2,31,33,35,40). The van der Waals surface area contributed by atoms with Crippen LogP contribution in [0, 0.1) is 11.6 Å². The molecule has 0 unspecified atom stereocenters. The van der Waals surface area contributed by atoms with Crippen LogP contribution in [0.25, 0.3) is 22.2 Å². The molecular weight excluding hydrogens is 584 g/mol. The first kappa shape index (κ1) is 29.8. The number of likely N-dealkylation sites (N-methyl/N-ethyl adjacent to an activating group) is 2. The van der Waals surface area contributed by atoms with Gasteiger partial charge in [0.1, 0.15) is 28.1 Å². The third kappa shape index (κ3) is 6.55. The largest absolute Gasteiger partial charge is 0.497 e. The fraction of sp³-hybridized carbons (Fsp3) is 0.296. The Balaban J connectivity index is 1.29. The second-order valence-corrected chi connectivity index (χ2v) is 10.5. The van der Waals surface area contributed by atoms with Crippen LogP contribution in [0.2, 0.25) is 0 Å². The molecular formula is C27H29F2N9O4S. The summed E-state index contributed by atoms with van der Waals surface area (Å²) in [4.78, 5) is 33.9. The Hall–Kier alpha value is -4.67. The number of halogens is 2. The zero-order valence-corrected chi connectivity index (χ0v) is 24.3. The van der Waals surface area contributed by atoms with Gasteiger partial charge in [-0.1, -0.05) is 36.4 Å². The number of carbonyl (C=O) groups excluding carboxylic acids is 2. The Bertz CT molecular complexity index is 1630. The Morgan fingerprint density at radius 2 is 1.84 bits per heavy atom. The van der Waals surface area contributed by atoms with E-state index in [-0.39, 0.29) is 50.4 Å². The molecule has 0 saturated carbocycles. The highest BCUT2D eigenvalue weighted by Crippen LogP contribution is 2.36. The van der Waals surface area contributed by atoms with Gasteiger partial charge in [-0.25, -0.2) is 28.6 Å². The number of benzene rings is 2. The summed E-state index contributed by atoms with van der Waals surface area (Å²) in [6.07, 6.45) is 0. The molecule has 226 valence electrons. The minimum atomic E-state index is -0.996. The number of hydrogen-bond donors (Lipinski definition) is 4. The average Bonchev–Trinajstić information content (AvgIpc) is 3.72. The van der Waals surface area contributed by atoms with Gasteiger partial charge in [-0.3, -0.25) is 10.1 Å². The molecule has 2 aromatic heterocycles. The van der Waals surface area contributed by atoms with E-state index in [9.17, 15) is 18.4 Å². The van der Waals surface area contributed by atoms with Crippen molar-refractivity contribution in [2.24, 2.45) is 0 Å². The Morgan fingerprint density at radius 3 is 2.53 bits per heavy atom. The van der Waals surface area contributed by atoms with Crippen LogP contribution in [0.4, 0.5) is 30.2 Å². The smallest absolute Gasteiger partial charge is 0.321 e. The maximum Gasteiger partial charge on any atom is 0.321 e. The van der Waals surface area contributed by atoms with Crippen LogP contribution < -0.4 is 26.4 Å². The van der Waals surface area contributed by atoms with Crippen LogP contribution in [0.1, 0.15) is 24.2 Å². The van der Waals surface area contributed by atoms with E-state index in [4.69, 9.17) is 15.0 Å². The highest BCUT2D eigenvalue weighted by molar-refractivity contribution is 7.19. The Morgan fingerprint density at radius 1 is 1.09 bits per heavy atom. The number of methoxy groups -OCH3 is 1. The molecule has 4 aromatic rings.